The summed E-state index contributed by atoms with van der Waals surface area (Å²) >= 11 is 0. The molecule has 2 unspecified atom stereocenters. The summed E-state index contributed by atoms with van der Waals surface area (Å²) in [5.74, 6) is 2.79. The van der Waals surface area contributed by atoms with Gasteiger partial charge < -0.3 is 28.3 Å². The highest BCUT2D eigenvalue weighted by Gasteiger charge is 2.30. The summed E-state index contributed by atoms with van der Waals surface area (Å²) in [6.45, 7) is 5.13. The fraction of sp³-hybridized carbons (Fsp3) is 0.414. The molecule has 5 rings (SSSR count). The minimum Gasteiger partial charge on any atom is -0.479 e. The van der Waals surface area contributed by atoms with Gasteiger partial charge in [-0.15, -0.1) is 0 Å². The lowest BCUT2D eigenvalue weighted by molar-refractivity contribution is -0.139. The quantitative estimate of drug-likeness (QED) is 0.382. The van der Waals surface area contributed by atoms with Gasteiger partial charge in [-0.1, -0.05) is 18.2 Å². The Morgan fingerprint density at radius 2 is 1.97 bits per heavy atom. The van der Waals surface area contributed by atoms with E-state index in [4.69, 9.17) is 23.4 Å². The number of furan rings is 1. The van der Waals surface area contributed by atoms with Crippen molar-refractivity contribution < 1.29 is 28.2 Å². The van der Waals surface area contributed by atoms with E-state index in [0.29, 0.717) is 31.9 Å². The van der Waals surface area contributed by atoms with Crippen molar-refractivity contribution in [1.82, 2.24) is 9.80 Å². The molecule has 0 aliphatic carbocycles. The van der Waals surface area contributed by atoms with E-state index in [2.05, 4.69) is 4.90 Å². The van der Waals surface area contributed by atoms with Crippen LogP contribution in [-0.4, -0.2) is 61.5 Å². The molecule has 1 amide bonds. The molecule has 1 saturated heterocycles. The molecule has 0 saturated carbocycles. The van der Waals surface area contributed by atoms with E-state index in [0.717, 1.165) is 47.8 Å². The van der Waals surface area contributed by atoms with Crippen molar-refractivity contribution in [1.29, 1.82) is 0 Å². The molecular weight excluding hydrogens is 472 g/mol. The topological polar surface area (TPSA) is 73.6 Å². The van der Waals surface area contributed by atoms with Crippen LogP contribution in [0.3, 0.4) is 0 Å². The predicted octanol–water partition coefficient (Wildman–Crippen LogP) is 4.40. The van der Waals surface area contributed by atoms with Crippen LogP contribution in [0.15, 0.2) is 65.3 Å². The Bertz CT molecular complexity index is 1170. The summed E-state index contributed by atoms with van der Waals surface area (Å²) in [4.78, 5) is 17.6. The Hall–Kier alpha value is -3.49. The van der Waals surface area contributed by atoms with Gasteiger partial charge in [0.2, 0.25) is 6.79 Å². The minimum absolute atomic E-state index is 0.110. The van der Waals surface area contributed by atoms with Gasteiger partial charge in [-0.2, -0.15) is 0 Å². The Morgan fingerprint density at radius 3 is 2.76 bits per heavy atom. The number of amides is 1. The van der Waals surface area contributed by atoms with Gasteiger partial charge in [0.15, 0.2) is 17.6 Å². The number of likely N-dealkylation sites (N-methyl/N-ethyl adjacent to an activating group) is 1. The normalized spacial score (nSPS) is 17.2. The zero-order valence-corrected chi connectivity index (χ0v) is 21.4. The van der Waals surface area contributed by atoms with Crippen molar-refractivity contribution in [2.75, 3.05) is 33.5 Å². The van der Waals surface area contributed by atoms with Crippen molar-refractivity contribution in [3.05, 3.63) is 77.7 Å². The van der Waals surface area contributed by atoms with Crippen LogP contribution < -0.4 is 14.2 Å². The Balaban J connectivity index is 1.37. The highest BCUT2D eigenvalue weighted by molar-refractivity contribution is 5.81. The minimum atomic E-state index is -0.711. The monoisotopic (exact) mass is 506 g/mol. The number of hydrogen-bond acceptors (Lipinski definition) is 7. The number of benzene rings is 2. The smallest absolute Gasteiger partial charge is 0.265 e. The first-order chi connectivity index (χ1) is 18.0. The number of hydrogen-bond donors (Lipinski definition) is 0. The van der Waals surface area contributed by atoms with Gasteiger partial charge in [0.05, 0.1) is 18.9 Å². The number of ether oxygens (including phenoxy) is 4. The third kappa shape index (κ3) is 6.64. The van der Waals surface area contributed by atoms with Crippen LogP contribution in [0.5, 0.6) is 17.2 Å². The highest BCUT2D eigenvalue weighted by Crippen LogP contribution is 2.33. The summed E-state index contributed by atoms with van der Waals surface area (Å²) in [5, 5.41) is 0. The van der Waals surface area contributed by atoms with Crippen LogP contribution in [0.2, 0.25) is 0 Å². The average molecular weight is 507 g/mol. The van der Waals surface area contributed by atoms with Crippen LogP contribution in [0.25, 0.3) is 0 Å². The number of fused-ring (bicyclic) bond motifs is 1. The number of nitrogens with zero attached hydrogens (tertiary/aromatic N) is 2. The van der Waals surface area contributed by atoms with Gasteiger partial charge in [-0.3, -0.25) is 9.69 Å². The molecule has 0 spiro atoms. The summed E-state index contributed by atoms with van der Waals surface area (Å²) in [5.41, 5.74) is 2.15. The van der Waals surface area contributed by atoms with Gasteiger partial charge in [0.1, 0.15) is 11.5 Å². The van der Waals surface area contributed by atoms with Crippen LogP contribution in [0.4, 0.5) is 0 Å². The lowest BCUT2D eigenvalue weighted by atomic mass is 10.1. The average Bonchev–Trinajstić information content (AvgIpc) is 3.66. The molecule has 1 fully saturated rings. The molecule has 0 radical (unpaired) electrons. The van der Waals surface area contributed by atoms with Crippen LogP contribution >= 0.6 is 0 Å². The van der Waals surface area contributed by atoms with Crippen LogP contribution in [0.1, 0.15) is 29.7 Å². The zero-order chi connectivity index (χ0) is 25.6. The van der Waals surface area contributed by atoms with Gasteiger partial charge in [0, 0.05) is 33.3 Å². The molecular formula is C29H34N2O6. The maximum atomic E-state index is 13.7. The van der Waals surface area contributed by atoms with Gasteiger partial charge >= 0.3 is 0 Å². The Morgan fingerprint density at radius 1 is 1.08 bits per heavy atom. The standard InChI is InChI=1S/C29H34N2O6/c1-21-6-3-7-23(14-21)37-28(29(32)30(2)17-24-8-4-12-33-24)19-31(18-25-9-5-13-34-25)16-22-10-11-26-27(15-22)36-20-35-26/h3-4,6-8,10-12,14-15,25,28H,5,9,13,16-20H2,1-2H3. The number of aryl methyl sites for hydroxylation is 1. The first-order valence-corrected chi connectivity index (χ1v) is 12.8. The molecule has 2 aliphatic heterocycles. The second-order valence-corrected chi connectivity index (χ2v) is 9.71. The maximum absolute atomic E-state index is 13.7. The highest BCUT2D eigenvalue weighted by atomic mass is 16.7. The van der Waals surface area contributed by atoms with Crippen molar-refractivity contribution in [3.63, 3.8) is 0 Å². The third-order valence-electron chi connectivity index (χ3n) is 6.65. The second-order valence-electron chi connectivity index (χ2n) is 9.71. The molecule has 1 aromatic heterocycles. The lowest BCUT2D eigenvalue weighted by Gasteiger charge is -2.31. The molecule has 3 aromatic rings. The van der Waals surface area contributed by atoms with Gasteiger partial charge in [0.25, 0.3) is 5.91 Å². The van der Waals surface area contributed by atoms with Crippen LogP contribution in [0, 0.1) is 6.92 Å². The van der Waals surface area contributed by atoms with Crippen LogP contribution in [-0.2, 0) is 22.6 Å². The first-order valence-electron chi connectivity index (χ1n) is 12.8. The number of carbonyl (C=O) groups excluding carboxylic acids is 1. The van der Waals surface area contributed by atoms with E-state index < -0.39 is 6.10 Å². The number of carbonyl (C=O) groups is 1. The van der Waals surface area contributed by atoms with Crippen molar-refractivity contribution in [2.45, 2.75) is 45.1 Å². The molecule has 8 nitrogen and oxygen atoms in total. The summed E-state index contributed by atoms with van der Waals surface area (Å²) in [6.07, 6.45) is 3.09. The van der Waals surface area contributed by atoms with E-state index in [1.807, 2.05) is 61.5 Å². The third-order valence-corrected chi connectivity index (χ3v) is 6.65. The van der Waals surface area contributed by atoms with Gasteiger partial charge in [-0.05, 0) is 67.3 Å². The van der Waals surface area contributed by atoms with Crippen molar-refractivity contribution in [2.24, 2.45) is 0 Å². The fourth-order valence-corrected chi connectivity index (χ4v) is 4.79. The van der Waals surface area contributed by atoms with Gasteiger partial charge in [-0.25, -0.2) is 0 Å². The predicted molar refractivity (Wildman–Crippen MR) is 138 cm³/mol. The number of rotatable bonds is 11. The van der Waals surface area contributed by atoms with E-state index in [9.17, 15) is 4.79 Å². The molecule has 0 bridgehead atoms. The largest absolute Gasteiger partial charge is 0.479 e. The SMILES string of the molecule is Cc1cccc(OC(CN(Cc2ccc3c(c2)OCO3)CC2CCCO2)C(=O)N(C)Cc2ccco2)c1. The summed E-state index contributed by atoms with van der Waals surface area (Å²) in [6, 6.07) is 17.5. The molecule has 196 valence electrons. The van der Waals surface area contributed by atoms with Crippen molar-refractivity contribution in [3.8, 4) is 17.2 Å². The second kappa shape index (κ2) is 11.7. The molecule has 0 N–H and O–H groups in total. The van der Waals surface area contributed by atoms with E-state index >= 15 is 0 Å². The molecule has 37 heavy (non-hydrogen) atoms. The molecule has 2 atom stereocenters. The summed E-state index contributed by atoms with van der Waals surface area (Å²) in [7, 11) is 1.78. The van der Waals surface area contributed by atoms with E-state index in [1.165, 1.54) is 0 Å². The summed E-state index contributed by atoms with van der Waals surface area (Å²) < 4.78 is 28.8. The van der Waals surface area contributed by atoms with E-state index in [1.54, 1.807) is 18.2 Å². The molecule has 2 aromatic carbocycles. The van der Waals surface area contributed by atoms with Crippen molar-refractivity contribution >= 4 is 5.91 Å². The Labute approximate surface area is 217 Å². The molecule has 3 heterocycles. The lowest BCUT2D eigenvalue weighted by Crippen LogP contribution is -2.47. The molecule has 2 aliphatic rings. The first kappa shape index (κ1) is 25.2. The Kier molecular flexibility index (Phi) is 7.96. The fourth-order valence-electron chi connectivity index (χ4n) is 4.79. The molecule has 8 heteroatoms. The maximum Gasteiger partial charge on any atom is 0.265 e. The van der Waals surface area contributed by atoms with E-state index in [-0.39, 0.29) is 18.8 Å². The zero-order valence-electron chi connectivity index (χ0n) is 21.4.